The number of hydrogen-bond acceptors (Lipinski definition) is 3. The molecule has 1 aromatic carbocycles. The van der Waals surface area contributed by atoms with Gasteiger partial charge in [0.2, 0.25) is 0 Å². The van der Waals surface area contributed by atoms with Gasteiger partial charge in [-0.25, -0.2) is 4.39 Å². The predicted octanol–water partition coefficient (Wildman–Crippen LogP) is 1.73. The SMILES string of the molecule is CCOC(=O)C(C)(C(=O)O)c1ccccc1F. The van der Waals surface area contributed by atoms with E-state index in [0.29, 0.717) is 0 Å². The van der Waals surface area contributed by atoms with E-state index in [2.05, 4.69) is 0 Å². The van der Waals surface area contributed by atoms with Crippen molar-refractivity contribution in [1.29, 1.82) is 0 Å². The fraction of sp³-hybridized carbons (Fsp3) is 0.333. The summed E-state index contributed by atoms with van der Waals surface area (Å²) in [5, 5.41) is 9.14. The van der Waals surface area contributed by atoms with Crippen molar-refractivity contribution in [3.8, 4) is 0 Å². The van der Waals surface area contributed by atoms with E-state index >= 15 is 0 Å². The Hall–Kier alpha value is -1.91. The Balaban J connectivity index is 3.31. The molecule has 1 rings (SSSR count). The van der Waals surface area contributed by atoms with Crippen LogP contribution in [0.5, 0.6) is 0 Å². The molecule has 0 aromatic heterocycles. The van der Waals surface area contributed by atoms with Gasteiger partial charge in [-0.3, -0.25) is 9.59 Å². The summed E-state index contributed by atoms with van der Waals surface area (Å²) in [6.07, 6.45) is 0. The van der Waals surface area contributed by atoms with Gasteiger partial charge in [0, 0.05) is 5.56 Å². The third kappa shape index (κ3) is 2.27. The Labute approximate surface area is 98.0 Å². The second-order valence-corrected chi connectivity index (χ2v) is 3.63. The molecule has 0 bridgehead atoms. The lowest BCUT2D eigenvalue weighted by molar-refractivity contribution is -0.160. The van der Waals surface area contributed by atoms with Crippen LogP contribution in [-0.4, -0.2) is 23.7 Å². The van der Waals surface area contributed by atoms with Crippen molar-refractivity contribution in [1.82, 2.24) is 0 Å². The lowest BCUT2D eigenvalue weighted by Crippen LogP contribution is -2.43. The number of ether oxygens (including phenoxy) is 1. The molecule has 0 aliphatic carbocycles. The third-order valence-corrected chi connectivity index (χ3v) is 2.52. The Morgan fingerprint density at radius 2 is 2.00 bits per heavy atom. The summed E-state index contributed by atoms with van der Waals surface area (Å²) in [4.78, 5) is 22.9. The second-order valence-electron chi connectivity index (χ2n) is 3.63. The van der Waals surface area contributed by atoms with Crippen molar-refractivity contribution in [3.63, 3.8) is 0 Å². The molecule has 92 valence electrons. The maximum Gasteiger partial charge on any atom is 0.327 e. The second kappa shape index (κ2) is 4.95. The quantitative estimate of drug-likeness (QED) is 0.643. The molecule has 1 N–H and O–H groups in total. The highest BCUT2D eigenvalue weighted by Crippen LogP contribution is 2.28. The molecule has 0 spiro atoms. The van der Waals surface area contributed by atoms with Crippen LogP contribution in [0.4, 0.5) is 4.39 Å². The molecule has 0 amide bonds. The van der Waals surface area contributed by atoms with Crippen LogP contribution < -0.4 is 0 Å². The molecule has 0 saturated carbocycles. The number of benzene rings is 1. The van der Waals surface area contributed by atoms with E-state index < -0.39 is 23.2 Å². The summed E-state index contributed by atoms with van der Waals surface area (Å²) >= 11 is 0. The summed E-state index contributed by atoms with van der Waals surface area (Å²) in [5.41, 5.74) is -2.23. The van der Waals surface area contributed by atoms with Crippen molar-refractivity contribution in [2.75, 3.05) is 6.61 Å². The Morgan fingerprint density at radius 1 is 1.41 bits per heavy atom. The zero-order chi connectivity index (χ0) is 13.1. The number of carbonyl (C=O) groups excluding carboxylic acids is 1. The van der Waals surface area contributed by atoms with Gasteiger partial charge >= 0.3 is 11.9 Å². The summed E-state index contributed by atoms with van der Waals surface area (Å²) < 4.78 is 18.3. The number of carboxylic acid groups (broad SMARTS) is 1. The van der Waals surface area contributed by atoms with Crippen LogP contribution in [0.1, 0.15) is 19.4 Å². The Kier molecular flexibility index (Phi) is 3.83. The lowest BCUT2D eigenvalue weighted by Gasteiger charge is -2.23. The average Bonchev–Trinajstić information content (AvgIpc) is 2.28. The molecule has 1 atom stereocenters. The molecular formula is C12H13FO4. The first-order valence-corrected chi connectivity index (χ1v) is 5.10. The van der Waals surface area contributed by atoms with Crippen molar-refractivity contribution in [2.24, 2.45) is 0 Å². The first kappa shape index (κ1) is 13.2. The zero-order valence-corrected chi connectivity index (χ0v) is 9.57. The molecule has 0 heterocycles. The van der Waals surface area contributed by atoms with Gasteiger partial charge in [-0.1, -0.05) is 18.2 Å². The van der Waals surface area contributed by atoms with Crippen LogP contribution in [0.15, 0.2) is 24.3 Å². The van der Waals surface area contributed by atoms with E-state index in [-0.39, 0.29) is 12.2 Å². The Bertz CT molecular complexity index is 444. The molecule has 0 aliphatic rings. The molecule has 1 aromatic rings. The normalized spacial score (nSPS) is 13.8. The first-order valence-electron chi connectivity index (χ1n) is 5.10. The van der Waals surface area contributed by atoms with E-state index in [1.165, 1.54) is 18.2 Å². The minimum absolute atomic E-state index is 0.0379. The topological polar surface area (TPSA) is 63.6 Å². The monoisotopic (exact) mass is 240 g/mol. The van der Waals surface area contributed by atoms with Gasteiger partial charge in [-0.05, 0) is 19.9 Å². The maximum atomic E-state index is 13.6. The van der Waals surface area contributed by atoms with Gasteiger partial charge in [0.1, 0.15) is 5.82 Å². The van der Waals surface area contributed by atoms with Crippen molar-refractivity contribution < 1.29 is 23.8 Å². The first-order chi connectivity index (χ1) is 7.94. The lowest BCUT2D eigenvalue weighted by atomic mass is 9.82. The minimum atomic E-state index is -2.03. The molecule has 0 radical (unpaired) electrons. The van der Waals surface area contributed by atoms with E-state index in [9.17, 15) is 14.0 Å². The molecule has 4 nitrogen and oxygen atoms in total. The van der Waals surface area contributed by atoms with Crippen LogP contribution in [0.25, 0.3) is 0 Å². The number of hydrogen-bond donors (Lipinski definition) is 1. The molecule has 0 saturated heterocycles. The number of esters is 1. The van der Waals surface area contributed by atoms with Gasteiger partial charge in [-0.15, -0.1) is 0 Å². The zero-order valence-electron chi connectivity index (χ0n) is 9.57. The van der Waals surface area contributed by atoms with E-state index in [4.69, 9.17) is 9.84 Å². The highest BCUT2D eigenvalue weighted by atomic mass is 19.1. The van der Waals surface area contributed by atoms with Crippen molar-refractivity contribution in [2.45, 2.75) is 19.3 Å². The van der Waals surface area contributed by atoms with Gasteiger partial charge in [0.15, 0.2) is 5.41 Å². The molecule has 17 heavy (non-hydrogen) atoms. The van der Waals surface area contributed by atoms with Gasteiger partial charge in [0.05, 0.1) is 6.61 Å². The smallest absolute Gasteiger partial charge is 0.327 e. The van der Waals surface area contributed by atoms with E-state index in [1.54, 1.807) is 6.92 Å². The number of rotatable bonds is 4. The maximum absolute atomic E-state index is 13.6. The Morgan fingerprint density at radius 3 is 2.47 bits per heavy atom. The van der Waals surface area contributed by atoms with Gasteiger partial charge in [0.25, 0.3) is 0 Å². The highest BCUT2D eigenvalue weighted by molar-refractivity contribution is 6.05. The summed E-state index contributed by atoms with van der Waals surface area (Å²) in [7, 11) is 0. The van der Waals surface area contributed by atoms with Crippen LogP contribution in [0.3, 0.4) is 0 Å². The summed E-state index contributed by atoms with van der Waals surface area (Å²) in [6.45, 7) is 2.73. The van der Waals surface area contributed by atoms with Crippen LogP contribution >= 0.6 is 0 Å². The van der Waals surface area contributed by atoms with E-state index in [1.807, 2.05) is 0 Å². The fourth-order valence-electron chi connectivity index (χ4n) is 1.45. The molecule has 5 heteroatoms. The fourth-order valence-corrected chi connectivity index (χ4v) is 1.45. The van der Waals surface area contributed by atoms with Gasteiger partial charge in [-0.2, -0.15) is 0 Å². The third-order valence-electron chi connectivity index (χ3n) is 2.52. The van der Waals surface area contributed by atoms with E-state index in [0.717, 1.165) is 13.0 Å². The predicted molar refractivity (Wildman–Crippen MR) is 58.0 cm³/mol. The largest absolute Gasteiger partial charge is 0.480 e. The number of halogens is 1. The molecule has 1 unspecified atom stereocenters. The van der Waals surface area contributed by atoms with Crippen LogP contribution in [-0.2, 0) is 19.7 Å². The van der Waals surface area contributed by atoms with Crippen LogP contribution in [0, 0.1) is 5.82 Å². The van der Waals surface area contributed by atoms with Crippen molar-refractivity contribution in [3.05, 3.63) is 35.6 Å². The minimum Gasteiger partial charge on any atom is -0.480 e. The van der Waals surface area contributed by atoms with Crippen molar-refractivity contribution >= 4 is 11.9 Å². The number of carbonyl (C=O) groups is 2. The number of carboxylic acids is 1. The molecular weight excluding hydrogens is 227 g/mol. The molecule has 0 aliphatic heterocycles. The highest BCUT2D eigenvalue weighted by Gasteiger charge is 2.46. The van der Waals surface area contributed by atoms with Gasteiger partial charge < -0.3 is 9.84 Å². The standard InChI is InChI=1S/C12H13FO4/c1-3-17-11(16)12(2,10(14)15)8-6-4-5-7-9(8)13/h4-7H,3H2,1-2H3,(H,14,15). The van der Waals surface area contributed by atoms with Crippen LogP contribution in [0.2, 0.25) is 0 Å². The number of aliphatic carboxylic acids is 1. The summed E-state index contributed by atoms with van der Waals surface area (Å²) in [5.74, 6) is -3.16. The molecule has 0 fully saturated rings. The average molecular weight is 240 g/mol. The summed E-state index contributed by atoms with van der Waals surface area (Å²) in [6, 6.07) is 5.27.